The van der Waals surface area contributed by atoms with Gasteiger partial charge >= 0.3 is 0 Å². The van der Waals surface area contributed by atoms with E-state index in [9.17, 15) is 0 Å². The predicted molar refractivity (Wildman–Crippen MR) is 60.3 cm³/mol. The zero-order valence-electron chi connectivity index (χ0n) is 9.40. The summed E-state index contributed by atoms with van der Waals surface area (Å²) in [6.45, 7) is 4.27. The molecular formula is C12H19NO2. The van der Waals surface area contributed by atoms with Crippen LogP contribution in [0.4, 0.5) is 0 Å². The van der Waals surface area contributed by atoms with Gasteiger partial charge in [0, 0.05) is 13.7 Å². The third-order valence-corrected chi connectivity index (χ3v) is 2.07. The van der Waals surface area contributed by atoms with E-state index in [-0.39, 0.29) is 0 Å². The molecule has 0 radical (unpaired) electrons. The van der Waals surface area contributed by atoms with Gasteiger partial charge in [-0.05, 0) is 11.5 Å². The average molecular weight is 209 g/mol. The molecule has 84 valence electrons. The fourth-order valence-corrected chi connectivity index (χ4v) is 1.25. The molecule has 0 bridgehead atoms. The number of benzene rings is 1. The van der Waals surface area contributed by atoms with Crippen LogP contribution < -0.4 is 5.48 Å². The topological polar surface area (TPSA) is 30.5 Å². The number of methoxy groups -OCH3 is 1. The SMILES string of the molecule is COCC(C)CNOCc1ccccc1. The first-order valence-corrected chi connectivity index (χ1v) is 5.20. The van der Waals surface area contributed by atoms with Crippen LogP contribution in [0.15, 0.2) is 30.3 Å². The number of hydrogen-bond donors (Lipinski definition) is 1. The van der Waals surface area contributed by atoms with Crippen molar-refractivity contribution in [1.29, 1.82) is 0 Å². The van der Waals surface area contributed by atoms with Crippen molar-refractivity contribution < 1.29 is 9.57 Å². The minimum absolute atomic E-state index is 0.464. The van der Waals surface area contributed by atoms with Crippen LogP contribution in [0.2, 0.25) is 0 Å². The molecule has 3 heteroatoms. The quantitative estimate of drug-likeness (QED) is 0.550. The van der Waals surface area contributed by atoms with E-state index in [1.54, 1.807) is 7.11 Å². The molecule has 0 aliphatic carbocycles. The minimum atomic E-state index is 0.464. The fraction of sp³-hybridized carbons (Fsp3) is 0.500. The zero-order valence-corrected chi connectivity index (χ0v) is 9.40. The van der Waals surface area contributed by atoms with Crippen molar-refractivity contribution in [1.82, 2.24) is 5.48 Å². The molecule has 15 heavy (non-hydrogen) atoms. The normalized spacial score (nSPS) is 12.7. The molecule has 0 amide bonds. The Kier molecular flexibility index (Phi) is 6.00. The van der Waals surface area contributed by atoms with E-state index in [0.717, 1.165) is 13.2 Å². The van der Waals surface area contributed by atoms with E-state index < -0.39 is 0 Å². The molecule has 0 fully saturated rings. The number of hydroxylamine groups is 1. The first kappa shape index (κ1) is 12.2. The Morgan fingerprint density at radius 1 is 1.27 bits per heavy atom. The van der Waals surface area contributed by atoms with Crippen LogP contribution in [-0.2, 0) is 16.2 Å². The summed E-state index contributed by atoms with van der Waals surface area (Å²) in [5.41, 5.74) is 4.11. The first-order valence-electron chi connectivity index (χ1n) is 5.20. The molecule has 0 aliphatic heterocycles. The Hall–Kier alpha value is -0.900. The van der Waals surface area contributed by atoms with Crippen LogP contribution in [0, 0.1) is 5.92 Å². The Morgan fingerprint density at radius 3 is 2.67 bits per heavy atom. The van der Waals surface area contributed by atoms with Gasteiger partial charge in [-0.15, -0.1) is 0 Å². The summed E-state index contributed by atoms with van der Waals surface area (Å²) in [4.78, 5) is 5.33. The van der Waals surface area contributed by atoms with E-state index in [2.05, 4.69) is 12.4 Å². The van der Waals surface area contributed by atoms with Crippen molar-refractivity contribution in [2.45, 2.75) is 13.5 Å². The van der Waals surface area contributed by atoms with Crippen molar-refractivity contribution in [2.24, 2.45) is 5.92 Å². The molecule has 1 N–H and O–H groups in total. The van der Waals surface area contributed by atoms with Crippen molar-refractivity contribution in [3.8, 4) is 0 Å². The van der Waals surface area contributed by atoms with Crippen LogP contribution in [0.25, 0.3) is 0 Å². The zero-order chi connectivity index (χ0) is 10.9. The summed E-state index contributed by atoms with van der Waals surface area (Å²) in [5, 5.41) is 0. The van der Waals surface area contributed by atoms with Gasteiger partial charge in [0.05, 0.1) is 13.2 Å². The first-order chi connectivity index (χ1) is 7.33. The molecule has 0 aromatic heterocycles. The predicted octanol–water partition coefficient (Wildman–Crippen LogP) is 1.99. The molecule has 1 aromatic carbocycles. The van der Waals surface area contributed by atoms with Crippen LogP contribution >= 0.6 is 0 Å². The van der Waals surface area contributed by atoms with E-state index in [1.807, 2.05) is 30.3 Å². The number of hydrogen-bond acceptors (Lipinski definition) is 3. The molecule has 0 aliphatic rings. The van der Waals surface area contributed by atoms with Gasteiger partial charge in [-0.1, -0.05) is 37.3 Å². The molecule has 0 saturated carbocycles. The Bertz CT molecular complexity index is 251. The maximum atomic E-state index is 5.33. The van der Waals surface area contributed by atoms with E-state index in [1.165, 1.54) is 5.56 Å². The van der Waals surface area contributed by atoms with Crippen LogP contribution in [0.1, 0.15) is 12.5 Å². The lowest BCUT2D eigenvalue weighted by molar-refractivity contribution is 0.0134. The van der Waals surface area contributed by atoms with Crippen molar-refractivity contribution in [2.75, 3.05) is 20.3 Å². The number of ether oxygens (including phenoxy) is 1. The minimum Gasteiger partial charge on any atom is -0.384 e. The summed E-state index contributed by atoms with van der Waals surface area (Å²) in [6, 6.07) is 10.1. The summed E-state index contributed by atoms with van der Waals surface area (Å²) in [5.74, 6) is 0.464. The molecule has 1 rings (SSSR count). The maximum absolute atomic E-state index is 5.33. The van der Waals surface area contributed by atoms with Crippen molar-refractivity contribution in [3.63, 3.8) is 0 Å². The molecule has 0 heterocycles. The molecule has 1 unspecified atom stereocenters. The molecular weight excluding hydrogens is 190 g/mol. The lowest BCUT2D eigenvalue weighted by Crippen LogP contribution is -2.23. The highest BCUT2D eigenvalue weighted by atomic mass is 16.6. The average Bonchev–Trinajstić information content (AvgIpc) is 2.26. The highest BCUT2D eigenvalue weighted by molar-refractivity contribution is 5.13. The Labute approximate surface area is 91.4 Å². The number of nitrogens with one attached hydrogen (secondary N) is 1. The summed E-state index contributed by atoms with van der Waals surface area (Å²) in [7, 11) is 1.71. The van der Waals surface area contributed by atoms with E-state index >= 15 is 0 Å². The summed E-state index contributed by atoms with van der Waals surface area (Å²) in [6.07, 6.45) is 0. The monoisotopic (exact) mass is 209 g/mol. The smallest absolute Gasteiger partial charge is 0.0933 e. The highest BCUT2D eigenvalue weighted by Crippen LogP contribution is 1.99. The van der Waals surface area contributed by atoms with E-state index in [0.29, 0.717) is 12.5 Å². The lowest BCUT2D eigenvalue weighted by Gasteiger charge is -2.11. The molecule has 3 nitrogen and oxygen atoms in total. The third kappa shape index (κ3) is 5.52. The van der Waals surface area contributed by atoms with Crippen LogP contribution in [-0.4, -0.2) is 20.3 Å². The van der Waals surface area contributed by atoms with Gasteiger partial charge in [0.25, 0.3) is 0 Å². The highest BCUT2D eigenvalue weighted by Gasteiger charge is 2.00. The van der Waals surface area contributed by atoms with Gasteiger partial charge in [0.2, 0.25) is 0 Å². The Balaban J connectivity index is 2.07. The second-order valence-electron chi connectivity index (χ2n) is 3.68. The standard InChI is InChI=1S/C12H19NO2/c1-11(9-14-2)8-13-15-10-12-6-4-3-5-7-12/h3-7,11,13H,8-10H2,1-2H3. The van der Waals surface area contributed by atoms with Crippen molar-refractivity contribution >= 4 is 0 Å². The van der Waals surface area contributed by atoms with Gasteiger partial charge in [-0.2, -0.15) is 0 Å². The van der Waals surface area contributed by atoms with Gasteiger partial charge in [0.15, 0.2) is 0 Å². The van der Waals surface area contributed by atoms with Gasteiger partial charge in [-0.25, -0.2) is 5.48 Å². The van der Waals surface area contributed by atoms with Gasteiger partial charge in [-0.3, -0.25) is 4.84 Å². The van der Waals surface area contributed by atoms with Crippen molar-refractivity contribution in [3.05, 3.63) is 35.9 Å². The molecule has 0 saturated heterocycles. The molecule has 1 atom stereocenters. The maximum Gasteiger partial charge on any atom is 0.0933 e. The fourth-order valence-electron chi connectivity index (χ4n) is 1.25. The van der Waals surface area contributed by atoms with Crippen LogP contribution in [0.3, 0.4) is 0 Å². The molecule has 1 aromatic rings. The second-order valence-corrected chi connectivity index (χ2v) is 3.68. The molecule has 0 spiro atoms. The second kappa shape index (κ2) is 7.40. The van der Waals surface area contributed by atoms with Gasteiger partial charge < -0.3 is 4.74 Å². The van der Waals surface area contributed by atoms with Gasteiger partial charge in [0.1, 0.15) is 0 Å². The summed E-state index contributed by atoms with van der Waals surface area (Å²) >= 11 is 0. The van der Waals surface area contributed by atoms with E-state index in [4.69, 9.17) is 9.57 Å². The lowest BCUT2D eigenvalue weighted by atomic mass is 10.2. The number of rotatable bonds is 7. The van der Waals surface area contributed by atoms with Crippen LogP contribution in [0.5, 0.6) is 0 Å². The Morgan fingerprint density at radius 2 is 2.00 bits per heavy atom. The largest absolute Gasteiger partial charge is 0.384 e. The third-order valence-electron chi connectivity index (χ3n) is 2.07. The summed E-state index contributed by atoms with van der Waals surface area (Å²) < 4.78 is 5.02.